The molecule has 0 bridgehead atoms. The van der Waals surface area contributed by atoms with Gasteiger partial charge in [0.1, 0.15) is 10.0 Å². The molecule has 1 aromatic rings. The van der Waals surface area contributed by atoms with Crippen molar-refractivity contribution in [3.05, 3.63) is 25.1 Å². The van der Waals surface area contributed by atoms with Gasteiger partial charge in [-0.05, 0) is 12.3 Å². The van der Waals surface area contributed by atoms with Gasteiger partial charge in [-0.15, -0.1) is 0 Å². The Morgan fingerprint density at radius 2 is 1.35 bits per heavy atom. The molecule has 0 radical (unpaired) electrons. The molecule has 0 aromatic heterocycles. The molecule has 0 spiro atoms. The van der Waals surface area contributed by atoms with Crippen LogP contribution in [0.25, 0.3) is 0 Å². The van der Waals surface area contributed by atoms with E-state index in [-0.39, 0.29) is 25.1 Å². The number of rotatable bonds is 7. The van der Waals surface area contributed by atoms with Crippen molar-refractivity contribution in [1.29, 1.82) is 0 Å². The van der Waals surface area contributed by atoms with Gasteiger partial charge in [-0.3, -0.25) is 0 Å². The Hall–Kier alpha value is 0.470. The lowest BCUT2D eigenvalue weighted by molar-refractivity contribution is 0.233. The van der Waals surface area contributed by atoms with Gasteiger partial charge in [0, 0.05) is 0 Å². The molecule has 0 aliphatic carbocycles. The minimum absolute atomic E-state index is 0.147. The van der Waals surface area contributed by atoms with Gasteiger partial charge >= 0.3 is 0 Å². The number of benzene rings is 1. The highest BCUT2D eigenvalue weighted by molar-refractivity contribution is 6.55. The molecule has 1 atom stereocenters. The molecule has 20 heavy (non-hydrogen) atoms. The fraction of sp³-hybridized carbons (Fsp3) is 0.571. The van der Waals surface area contributed by atoms with Crippen LogP contribution in [0.5, 0.6) is 5.75 Å². The van der Waals surface area contributed by atoms with Gasteiger partial charge in [0.25, 0.3) is 0 Å². The van der Waals surface area contributed by atoms with E-state index in [0.717, 1.165) is 19.3 Å². The van der Waals surface area contributed by atoms with Gasteiger partial charge in [0.05, 0.1) is 21.7 Å². The molecule has 6 heteroatoms. The predicted octanol–water partition coefficient (Wildman–Crippen LogP) is 7.55. The smallest absolute Gasteiger partial charge is 0.159 e. The van der Waals surface area contributed by atoms with Crippen LogP contribution in [-0.2, 0) is 0 Å². The molecule has 0 aliphatic heterocycles. The summed E-state index contributed by atoms with van der Waals surface area (Å²) in [6, 6.07) is 0. The normalized spacial score (nSPS) is 12.6. The first-order valence-corrected chi connectivity index (χ1v) is 8.47. The number of ether oxygens (including phenoxy) is 1. The summed E-state index contributed by atoms with van der Waals surface area (Å²) >= 11 is 30.2. The van der Waals surface area contributed by atoms with E-state index in [2.05, 4.69) is 13.8 Å². The Morgan fingerprint density at radius 1 is 0.850 bits per heavy atom. The summed E-state index contributed by atoms with van der Waals surface area (Å²) in [6.45, 7) is 4.83. The van der Waals surface area contributed by atoms with Crippen molar-refractivity contribution in [3.8, 4) is 5.75 Å². The summed E-state index contributed by atoms with van der Waals surface area (Å²) in [5.74, 6) is 0.762. The molecule has 0 heterocycles. The predicted molar refractivity (Wildman–Crippen MR) is 90.3 cm³/mol. The number of hydrogen-bond donors (Lipinski definition) is 0. The minimum atomic E-state index is 0.147. The Bertz CT molecular complexity index is 432. The van der Waals surface area contributed by atoms with Crippen molar-refractivity contribution in [2.24, 2.45) is 5.92 Å². The summed E-state index contributed by atoms with van der Waals surface area (Å²) in [4.78, 5) is 0. The van der Waals surface area contributed by atoms with E-state index in [9.17, 15) is 0 Å². The van der Waals surface area contributed by atoms with Gasteiger partial charge in [-0.25, -0.2) is 0 Å². The molecule has 0 fully saturated rings. The molecule has 1 rings (SSSR count). The van der Waals surface area contributed by atoms with Gasteiger partial charge < -0.3 is 4.74 Å². The van der Waals surface area contributed by atoms with Crippen LogP contribution in [0.3, 0.4) is 0 Å². The highest BCUT2D eigenvalue weighted by Crippen LogP contribution is 2.48. The third kappa shape index (κ3) is 4.48. The van der Waals surface area contributed by atoms with Crippen molar-refractivity contribution in [2.45, 2.75) is 39.5 Å². The summed E-state index contributed by atoms with van der Waals surface area (Å²) < 4.78 is 5.74. The monoisotopic (exact) mass is 376 g/mol. The van der Waals surface area contributed by atoms with E-state index in [1.54, 1.807) is 0 Å². The van der Waals surface area contributed by atoms with E-state index in [1.807, 2.05) is 0 Å². The Kier molecular flexibility index (Phi) is 8.15. The fourth-order valence-corrected chi connectivity index (χ4v) is 3.04. The molecule has 1 unspecified atom stereocenters. The van der Waals surface area contributed by atoms with E-state index in [4.69, 9.17) is 62.7 Å². The van der Waals surface area contributed by atoms with Crippen molar-refractivity contribution >= 4 is 58.0 Å². The maximum absolute atomic E-state index is 6.12. The Labute approximate surface area is 145 Å². The second-order valence-electron chi connectivity index (χ2n) is 4.63. The van der Waals surface area contributed by atoms with Crippen LogP contribution in [0.2, 0.25) is 25.1 Å². The summed E-state index contributed by atoms with van der Waals surface area (Å²) in [6.07, 6.45) is 4.48. The second-order valence-corrected chi connectivity index (χ2v) is 6.52. The summed E-state index contributed by atoms with van der Waals surface area (Å²) in [5, 5.41) is 0.889. The van der Waals surface area contributed by atoms with Gasteiger partial charge in [0.15, 0.2) is 5.75 Å². The van der Waals surface area contributed by atoms with Crippen molar-refractivity contribution in [2.75, 3.05) is 6.61 Å². The zero-order valence-corrected chi connectivity index (χ0v) is 15.2. The zero-order chi connectivity index (χ0) is 15.3. The van der Waals surface area contributed by atoms with Crippen LogP contribution >= 0.6 is 58.0 Å². The maximum atomic E-state index is 6.12. The Balaban J connectivity index is 2.87. The highest BCUT2D eigenvalue weighted by atomic mass is 35.5. The zero-order valence-electron chi connectivity index (χ0n) is 11.4. The lowest BCUT2D eigenvalue weighted by Gasteiger charge is -2.18. The van der Waals surface area contributed by atoms with Crippen LogP contribution in [0.4, 0.5) is 0 Å². The van der Waals surface area contributed by atoms with Crippen molar-refractivity contribution in [1.82, 2.24) is 0 Å². The average molecular weight is 379 g/mol. The third-order valence-electron chi connectivity index (χ3n) is 3.18. The summed E-state index contributed by atoms with van der Waals surface area (Å²) in [7, 11) is 0. The maximum Gasteiger partial charge on any atom is 0.159 e. The minimum Gasteiger partial charge on any atom is -0.490 e. The molecular weight excluding hydrogens is 361 g/mol. The molecular formula is C14H17Cl5O. The lowest BCUT2D eigenvalue weighted by atomic mass is 10.0. The van der Waals surface area contributed by atoms with Crippen LogP contribution in [0, 0.1) is 5.92 Å². The molecule has 0 N–H and O–H groups in total. The average Bonchev–Trinajstić information content (AvgIpc) is 2.46. The molecule has 1 nitrogen and oxygen atoms in total. The largest absolute Gasteiger partial charge is 0.490 e. The Morgan fingerprint density at radius 3 is 1.80 bits per heavy atom. The lowest BCUT2D eigenvalue weighted by Crippen LogP contribution is -2.12. The van der Waals surface area contributed by atoms with Crippen molar-refractivity contribution < 1.29 is 4.74 Å². The summed E-state index contributed by atoms with van der Waals surface area (Å²) in [5.41, 5.74) is 0. The highest BCUT2D eigenvalue weighted by Gasteiger charge is 2.21. The number of halogens is 5. The molecule has 0 amide bonds. The number of unbranched alkanes of at least 4 members (excludes halogenated alkanes) is 1. The quantitative estimate of drug-likeness (QED) is 0.351. The van der Waals surface area contributed by atoms with Crippen LogP contribution in [0.15, 0.2) is 0 Å². The van der Waals surface area contributed by atoms with E-state index in [0.29, 0.717) is 18.3 Å². The van der Waals surface area contributed by atoms with E-state index < -0.39 is 0 Å². The number of hydrogen-bond acceptors (Lipinski definition) is 1. The van der Waals surface area contributed by atoms with E-state index in [1.165, 1.54) is 6.42 Å². The topological polar surface area (TPSA) is 9.23 Å². The van der Waals surface area contributed by atoms with E-state index >= 15 is 0 Å². The third-order valence-corrected chi connectivity index (χ3v) is 5.42. The second kappa shape index (κ2) is 8.80. The first-order chi connectivity index (χ1) is 9.43. The van der Waals surface area contributed by atoms with Crippen LogP contribution < -0.4 is 4.74 Å². The van der Waals surface area contributed by atoms with Gasteiger partial charge in [-0.2, -0.15) is 0 Å². The standard InChI is InChI=1S/C14H17Cl5O/c1-3-5-6-8(4-2)7-20-14-12(18)10(16)9(15)11(17)13(14)19/h8H,3-7H2,1-2H3. The fourth-order valence-electron chi connectivity index (χ4n) is 1.81. The van der Waals surface area contributed by atoms with Gasteiger partial charge in [-0.1, -0.05) is 91.1 Å². The molecule has 0 saturated carbocycles. The first-order valence-electron chi connectivity index (χ1n) is 6.58. The SMILES string of the molecule is CCCCC(CC)COc1c(Cl)c(Cl)c(Cl)c(Cl)c1Cl. The molecule has 114 valence electrons. The first kappa shape index (κ1) is 18.5. The van der Waals surface area contributed by atoms with Gasteiger partial charge in [0.2, 0.25) is 0 Å². The van der Waals surface area contributed by atoms with Crippen LogP contribution in [-0.4, -0.2) is 6.61 Å². The van der Waals surface area contributed by atoms with Crippen molar-refractivity contribution in [3.63, 3.8) is 0 Å². The molecule has 0 saturated heterocycles. The molecule has 0 aliphatic rings. The van der Waals surface area contributed by atoms with Crippen LogP contribution in [0.1, 0.15) is 39.5 Å². The molecule has 1 aromatic carbocycles.